The molecule has 128 valence electrons. The van der Waals surface area contributed by atoms with E-state index in [-0.39, 0.29) is 5.91 Å². The van der Waals surface area contributed by atoms with Crippen LogP contribution < -0.4 is 5.32 Å². The molecule has 1 N–H and O–H groups in total. The molecule has 0 aliphatic carbocycles. The zero-order valence-corrected chi connectivity index (χ0v) is 14.7. The summed E-state index contributed by atoms with van der Waals surface area (Å²) in [5.74, 6) is 0.0904. The highest BCUT2D eigenvalue weighted by atomic mass is 16.1. The van der Waals surface area contributed by atoms with Gasteiger partial charge in [-0.25, -0.2) is 0 Å². The molecule has 2 nitrogen and oxygen atoms in total. The second-order valence-electron chi connectivity index (χ2n) is 6.11. The van der Waals surface area contributed by atoms with Crippen LogP contribution in [0, 0.1) is 0 Å². The number of amides is 1. The Morgan fingerprint density at radius 2 is 1.32 bits per heavy atom. The van der Waals surface area contributed by atoms with Gasteiger partial charge >= 0.3 is 0 Å². The lowest BCUT2D eigenvalue weighted by Crippen LogP contribution is -2.15. The summed E-state index contributed by atoms with van der Waals surface area (Å²) in [5, 5.41) is 2.61. The summed E-state index contributed by atoms with van der Waals surface area (Å²) in [6.45, 7) is 5.75. The molecular weight excluding hydrogens is 270 g/mol. The van der Waals surface area contributed by atoms with Crippen molar-refractivity contribution in [1.82, 2.24) is 5.32 Å². The van der Waals surface area contributed by atoms with Crippen LogP contribution in [0.1, 0.15) is 96.8 Å². The third-order valence-electron chi connectivity index (χ3n) is 3.93. The van der Waals surface area contributed by atoms with E-state index in [1.165, 1.54) is 76.8 Å². The lowest BCUT2D eigenvalue weighted by atomic mass is 10.1. The quantitative estimate of drug-likeness (QED) is 0.264. The molecule has 0 bridgehead atoms. The summed E-state index contributed by atoms with van der Waals surface area (Å²) >= 11 is 0. The van der Waals surface area contributed by atoms with Gasteiger partial charge in [0.15, 0.2) is 0 Å². The third-order valence-corrected chi connectivity index (χ3v) is 3.93. The Bertz CT molecular complexity index is 283. The number of hydrogen-bond acceptors (Lipinski definition) is 1. The van der Waals surface area contributed by atoms with Crippen LogP contribution in [0.25, 0.3) is 0 Å². The molecule has 0 aromatic rings. The van der Waals surface area contributed by atoms with Crippen LogP contribution >= 0.6 is 0 Å². The van der Waals surface area contributed by atoms with E-state index in [4.69, 9.17) is 0 Å². The predicted octanol–water partition coefficient (Wildman–Crippen LogP) is 6.28. The first-order valence-electron chi connectivity index (χ1n) is 9.36. The fourth-order valence-electron chi connectivity index (χ4n) is 2.54. The number of carbonyl (C=O) groups is 1. The van der Waals surface area contributed by atoms with E-state index in [0.29, 0.717) is 6.42 Å². The Morgan fingerprint density at radius 1 is 0.818 bits per heavy atom. The first-order valence-corrected chi connectivity index (χ1v) is 9.36. The van der Waals surface area contributed by atoms with Crippen LogP contribution in [0.4, 0.5) is 0 Å². The molecule has 0 aromatic carbocycles. The van der Waals surface area contributed by atoms with Crippen LogP contribution in [0.2, 0.25) is 0 Å². The monoisotopic (exact) mass is 307 g/mol. The summed E-state index contributed by atoms with van der Waals surface area (Å²) in [5.41, 5.74) is 0. The highest BCUT2D eigenvalue weighted by Gasteiger charge is 1.97. The summed E-state index contributed by atoms with van der Waals surface area (Å²) in [7, 11) is 0. The molecule has 0 saturated carbocycles. The van der Waals surface area contributed by atoms with Crippen LogP contribution in [0.3, 0.4) is 0 Å². The summed E-state index contributed by atoms with van der Waals surface area (Å²) in [4.78, 5) is 11.2. The minimum atomic E-state index is 0.0904. The summed E-state index contributed by atoms with van der Waals surface area (Å²) in [6.07, 6.45) is 23.5. The lowest BCUT2D eigenvalue weighted by molar-refractivity contribution is -0.120. The number of rotatable bonds is 16. The van der Waals surface area contributed by atoms with Crippen molar-refractivity contribution in [2.24, 2.45) is 0 Å². The number of allylic oxidation sites excluding steroid dienone is 2. The normalized spacial score (nSPS) is 11.0. The molecule has 0 spiro atoms. The summed E-state index contributed by atoms with van der Waals surface area (Å²) in [6, 6.07) is 0. The van der Waals surface area contributed by atoms with Crippen molar-refractivity contribution in [2.75, 3.05) is 0 Å². The molecule has 0 aliphatic heterocycles. The first-order chi connectivity index (χ1) is 10.8. The molecule has 0 atom stereocenters. The van der Waals surface area contributed by atoms with Crippen molar-refractivity contribution in [2.45, 2.75) is 96.8 Å². The maximum Gasteiger partial charge on any atom is 0.223 e. The molecule has 0 aliphatic rings. The van der Waals surface area contributed by atoms with Crippen molar-refractivity contribution in [3.63, 3.8) is 0 Å². The molecule has 0 saturated heterocycles. The highest BCUT2D eigenvalue weighted by Crippen LogP contribution is 2.09. The van der Waals surface area contributed by atoms with Gasteiger partial charge in [0.05, 0.1) is 0 Å². The van der Waals surface area contributed by atoms with Crippen LogP contribution in [-0.4, -0.2) is 5.91 Å². The zero-order valence-electron chi connectivity index (χ0n) is 14.7. The zero-order chi connectivity index (χ0) is 16.3. The van der Waals surface area contributed by atoms with E-state index in [1.807, 2.05) is 0 Å². The molecular formula is C20H37NO. The number of carbonyl (C=O) groups excluding carboxylic acids is 1. The van der Waals surface area contributed by atoms with Crippen molar-refractivity contribution in [1.29, 1.82) is 0 Å². The van der Waals surface area contributed by atoms with E-state index >= 15 is 0 Å². The van der Waals surface area contributed by atoms with Crippen LogP contribution in [0.15, 0.2) is 24.9 Å². The molecule has 2 heteroatoms. The minimum absolute atomic E-state index is 0.0904. The van der Waals surface area contributed by atoms with Gasteiger partial charge in [0.25, 0.3) is 0 Å². The van der Waals surface area contributed by atoms with Gasteiger partial charge in [0, 0.05) is 6.42 Å². The van der Waals surface area contributed by atoms with Crippen LogP contribution in [-0.2, 0) is 4.79 Å². The number of unbranched alkanes of at least 4 members (excludes halogenated alkanes) is 11. The third kappa shape index (κ3) is 17.0. The fourth-order valence-corrected chi connectivity index (χ4v) is 2.54. The van der Waals surface area contributed by atoms with E-state index in [2.05, 4.69) is 31.0 Å². The maximum atomic E-state index is 11.2. The highest BCUT2D eigenvalue weighted by molar-refractivity contribution is 5.76. The average molecular weight is 308 g/mol. The number of hydrogen-bond donors (Lipinski definition) is 1. The van der Waals surface area contributed by atoms with Gasteiger partial charge in [-0.1, -0.05) is 77.0 Å². The van der Waals surface area contributed by atoms with Gasteiger partial charge in [-0.2, -0.15) is 0 Å². The lowest BCUT2D eigenvalue weighted by Gasteiger charge is -2.01. The molecule has 0 radical (unpaired) electrons. The Balaban J connectivity index is 3.14. The second-order valence-corrected chi connectivity index (χ2v) is 6.11. The molecule has 0 rings (SSSR count). The van der Waals surface area contributed by atoms with Gasteiger partial charge in [-0.05, 0) is 38.3 Å². The molecule has 0 fully saturated rings. The topological polar surface area (TPSA) is 29.1 Å². The first kappa shape index (κ1) is 20.9. The molecule has 0 heterocycles. The standard InChI is InChI=1S/C20H37NO/c1-3-5-6-7-8-9-10-11-12-13-14-15-16-17-18-19-20(22)21-4-2/h4,11-12H,2-3,5-10,13-19H2,1H3,(H,21,22)/b12-11-. The Hall–Kier alpha value is -1.05. The van der Waals surface area contributed by atoms with Crippen molar-refractivity contribution in [3.8, 4) is 0 Å². The fraction of sp³-hybridized carbons (Fsp3) is 0.750. The average Bonchev–Trinajstić information content (AvgIpc) is 2.51. The Morgan fingerprint density at radius 3 is 1.86 bits per heavy atom. The van der Waals surface area contributed by atoms with Crippen molar-refractivity contribution >= 4 is 5.91 Å². The largest absolute Gasteiger partial charge is 0.333 e. The molecule has 0 aromatic heterocycles. The minimum Gasteiger partial charge on any atom is -0.333 e. The summed E-state index contributed by atoms with van der Waals surface area (Å²) < 4.78 is 0. The van der Waals surface area contributed by atoms with Crippen molar-refractivity contribution < 1.29 is 4.79 Å². The van der Waals surface area contributed by atoms with Crippen LogP contribution in [0.5, 0.6) is 0 Å². The smallest absolute Gasteiger partial charge is 0.223 e. The molecule has 22 heavy (non-hydrogen) atoms. The molecule has 0 unspecified atom stereocenters. The van der Waals surface area contributed by atoms with E-state index in [0.717, 1.165) is 12.8 Å². The van der Waals surface area contributed by atoms with Gasteiger partial charge in [-0.3, -0.25) is 4.79 Å². The molecule has 1 amide bonds. The Kier molecular flexibility index (Phi) is 17.1. The second kappa shape index (κ2) is 18.0. The van der Waals surface area contributed by atoms with Gasteiger partial charge in [0.1, 0.15) is 0 Å². The van der Waals surface area contributed by atoms with Gasteiger partial charge in [-0.15, -0.1) is 0 Å². The maximum absolute atomic E-state index is 11.2. The predicted molar refractivity (Wildman–Crippen MR) is 97.8 cm³/mol. The van der Waals surface area contributed by atoms with E-state index in [1.54, 1.807) is 0 Å². The van der Waals surface area contributed by atoms with Crippen molar-refractivity contribution in [3.05, 3.63) is 24.9 Å². The number of nitrogens with one attached hydrogen (secondary N) is 1. The van der Waals surface area contributed by atoms with E-state index in [9.17, 15) is 4.79 Å². The van der Waals surface area contributed by atoms with Gasteiger partial charge < -0.3 is 5.32 Å². The Labute approximate surface area is 138 Å². The SMILES string of the molecule is C=CNC(=O)CCCCCCC/C=C\CCCCCCCC. The van der Waals surface area contributed by atoms with E-state index < -0.39 is 0 Å². The van der Waals surface area contributed by atoms with Gasteiger partial charge in [0.2, 0.25) is 5.91 Å².